The van der Waals surface area contributed by atoms with Crippen molar-refractivity contribution in [2.45, 2.75) is 48.0 Å². The lowest BCUT2D eigenvalue weighted by molar-refractivity contribution is -0.128. The molecular weight excluding hydrogens is 473 g/mol. The van der Waals surface area contributed by atoms with Gasteiger partial charge in [-0.2, -0.15) is 0 Å². The fourth-order valence-electron chi connectivity index (χ4n) is 5.11. The van der Waals surface area contributed by atoms with E-state index in [2.05, 4.69) is 5.32 Å². The summed E-state index contributed by atoms with van der Waals surface area (Å²) < 4.78 is 40.5. The van der Waals surface area contributed by atoms with Gasteiger partial charge in [-0.15, -0.1) is 0 Å². The smallest absolute Gasteiger partial charge is 0.255 e. The first-order chi connectivity index (χ1) is 15.4. The van der Waals surface area contributed by atoms with Crippen molar-refractivity contribution in [1.82, 2.24) is 0 Å². The first-order valence-corrected chi connectivity index (χ1v) is 12.4. The molecule has 0 aromatic heterocycles. The maximum Gasteiger partial charge on any atom is 0.255 e. The summed E-state index contributed by atoms with van der Waals surface area (Å²) in [6, 6.07) is 7.77. The summed E-state index contributed by atoms with van der Waals surface area (Å²) in [6.07, 6.45) is 0.495. The Bertz CT molecular complexity index is 1200. The number of sulfone groups is 1. The van der Waals surface area contributed by atoms with Crippen LogP contribution in [-0.4, -0.2) is 46.8 Å². The minimum absolute atomic E-state index is 0.00537. The zero-order valence-corrected chi connectivity index (χ0v) is 19.5. The van der Waals surface area contributed by atoms with Gasteiger partial charge in [0, 0.05) is 11.3 Å². The number of rotatable bonds is 5. The van der Waals surface area contributed by atoms with Gasteiger partial charge in [0.25, 0.3) is 5.91 Å². The van der Waals surface area contributed by atoms with Crippen LogP contribution in [0, 0.1) is 24.6 Å². The van der Waals surface area contributed by atoms with Gasteiger partial charge in [-0.25, -0.2) is 12.8 Å². The van der Waals surface area contributed by atoms with Crippen LogP contribution < -0.4 is 5.32 Å². The predicted molar refractivity (Wildman–Crippen MR) is 120 cm³/mol. The number of hydrogen-bond acceptors (Lipinski definition) is 6. The molecule has 2 aliphatic rings. The number of carbonyl (C=O) groups is 1. The van der Waals surface area contributed by atoms with Gasteiger partial charge in [0.05, 0.1) is 22.1 Å². The quantitative estimate of drug-likeness (QED) is 0.503. The number of halogens is 2. The van der Waals surface area contributed by atoms with Crippen molar-refractivity contribution in [1.29, 1.82) is 0 Å². The highest BCUT2D eigenvalue weighted by molar-refractivity contribution is 7.92. The van der Waals surface area contributed by atoms with Crippen LogP contribution in [0.15, 0.2) is 41.3 Å². The molecule has 2 fully saturated rings. The number of aryl methyl sites for hydroxylation is 1. The first kappa shape index (κ1) is 24.1. The Kier molecular flexibility index (Phi) is 6.07. The predicted octanol–water partition coefficient (Wildman–Crippen LogP) is 3.05. The molecule has 0 saturated heterocycles. The second-order valence-electron chi connectivity index (χ2n) is 9.04. The normalized spacial score (nSPS) is 29.2. The van der Waals surface area contributed by atoms with E-state index < -0.39 is 50.5 Å². The molecule has 7 nitrogen and oxygen atoms in total. The van der Waals surface area contributed by atoms with Crippen molar-refractivity contribution in [2.75, 3.05) is 11.9 Å². The van der Waals surface area contributed by atoms with Gasteiger partial charge in [-0.05, 0) is 86.4 Å². The van der Waals surface area contributed by atoms with Crippen molar-refractivity contribution in [3.05, 3.63) is 58.4 Å². The third-order valence-electron chi connectivity index (χ3n) is 7.06. The van der Waals surface area contributed by atoms with E-state index in [9.17, 15) is 32.9 Å². The van der Waals surface area contributed by atoms with E-state index in [4.69, 9.17) is 11.6 Å². The highest BCUT2D eigenvalue weighted by Gasteiger charge is 2.61. The highest BCUT2D eigenvalue weighted by Crippen LogP contribution is 2.55. The molecule has 1 amide bonds. The summed E-state index contributed by atoms with van der Waals surface area (Å²) in [5, 5.41) is 34.1. The van der Waals surface area contributed by atoms with Crippen molar-refractivity contribution in [3.63, 3.8) is 0 Å². The van der Waals surface area contributed by atoms with Gasteiger partial charge >= 0.3 is 0 Å². The van der Waals surface area contributed by atoms with Crippen LogP contribution >= 0.6 is 11.6 Å². The molecule has 2 bridgehead atoms. The Hall–Kier alpha value is -2.04. The molecule has 2 unspecified atom stereocenters. The van der Waals surface area contributed by atoms with Gasteiger partial charge in [-0.1, -0.05) is 11.6 Å². The molecular formula is C23H25ClFNO6S. The third kappa shape index (κ3) is 3.95. The standard InChI is InChI=1S/C23H25ClFNO6S/c1-13-8-17(5-7-19(13)25)26-21(28)14-2-6-18(24)20(9-14)33(31,32)22(29)10-15-3-4-16(11-22)23(15,30)12-27/h2,5-9,15-16,27,29-30H,3-4,10-12H2,1H3,(H,26,28). The molecule has 2 saturated carbocycles. The summed E-state index contributed by atoms with van der Waals surface area (Å²) in [5.41, 5.74) is -0.747. The van der Waals surface area contributed by atoms with Gasteiger partial charge in [-0.3, -0.25) is 4.79 Å². The monoisotopic (exact) mass is 497 g/mol. The van der Waals surface area contributed by atoms with Gasteiger partial charge in [0.15, 0.2) is 4.93 Å². The third-order valence-corrected chi connectivity index (χ3v) is 9.75. The topological polar surface area (TPSA) is 124 Å². The van der Waals surface area contributed by atoms with Gasteiger partial charge in [0.2, 0.25) is 9.84 Å². The second-order valence-corrected chi connectivity index (χ2v) is 11.7. The summed E-state index contributed by atoms with van der Waals surface area (Å²) in [7, 11) is -4.42. The first-order valence-electron chi connectivity index (χ1n) is 10.6. The van der Waals surface area contributed by atoms with E-state index in [0.717, 1.165) is 6.07 Å². The summed E-state index contributed by atoms with van der Waals surface area (Å²) in [4.78, 5) is 10.2. The number of aliphatic hydroxyl groups excluding tert-OH is 1. The summed E-state index contributed by atoms with van der Waals surface area (Å²) >= 11 is 6.18. The lowest BCUT2D eigenvalue weighted by atomic mass is 9.73. The fraction of sp³-hybridized carbons (Fsp3) is 0.435. The van der Waals surface area contributed by atoms with Gasteiger partial charge < -0.3 is 20.6 Å². The average molecular weight is 498 g/mol. The maximum atomic E-state index is 13.5. The minimum atomic E-state index is -4.42. The zero-order valence-electron chi connectivity index (χ0n) is 17.9. The number of benzene rings is 2. The average Bonchev–Trinajstić information content (AvgIpc) is 2.93. The highest BCUT2D eigenvalue weighted by atomic mass is 35.5. The summed E-state index contributed by atoms with van der Waals surface area (Å²) in [6.45, 7) is 1.05. The molecule has 10 heteroatoms. The molecule has 0 aliphatic heterocycles. The van der Waals surface area contributed by atoms with E-state index in [-0.39, 0.29) is 28.3 Å². The molecule has 178 valence electrons. The second kappa shape index (κ2) is 8.32. The fourth-order valence-corrected chi connectivity index (χ4v) is 7.38. The number of nitrogens with one attached hydrogen (secondary N) is 1. The Balaban J connectivity index is 1.64. The number of anilines is 1. The van der Waals surface area contributed by atoms with Crippen LogP contribution in [0.4, 0.5) is 10.1 Å². The molecule has 2 aromatic rings. The van der Waals surface area contributed by atoms with E-state index in [1.165, 1.54) is 30.3 Å². The number of amides is 1. The van der Waals surface area contributed by atoms with Gasteiger partial charge in [0.1, 0.15) is 5.82 Å². The molecule has 2 aromatic carbocycles. The Morgan fingerprint density at radius 3 is 2.36 bits per heavy atom. The number of carbonyl (C=O) groups excluding carboxylic acids is 1. The van der Waals surface area contributed by atoms with Crippen molar-refractivity contribution in [2.24, 2.45) is 11.8 Å². The lowest BCUT2D eigenvalue weighted by Gasteiger charge is -2.45. The van der Waals surface area contributed by atoms with Crippen molar-refractivity contribution in [3.8, 4) is 0 Å². The van der Waals surface area contributed by atoms with E-state index >= 15 is 0 Å². The van der Waals surface area contributed by atoms with Crippen molar-refractivity contribution < 1.29 is 32.9 Å². The molecule has 0 radical (unpaired) electrons. The SMILES string of the molecule is Cc1cc(NC(=O)c2ccc(Cl)c(S(=O)(=O)C3(O)CC4CCC(C3)C4(O)CO)c2)ccc1F. The molecule has 0 heterocycles. The molecule has 4 N–H and O–H groups in total. The van der Waals surface area contributed by atoms with Crippen LogP contribution in [0.25, 0.3) is 0 Å². The lowest BCUT2D eigenvalue weighted by Crippen LogP contribution is -2.56. The molecule has 33 heavy (non-hydrogen) atoms. The summed E-state index contributed by atoms with van der Waals surface area (Å²) in [5.74, 6) is -2.20. The Labute approximate surface area is 196 Å². The Morgan fingerprint density at radius 2 is 1.79 bits per heavy atom. The van der Waals surface area contributed by atoms with Crippen LogP contribution in [0.1, 0.15) is 41.6 Å². The molecule has 0 spiro atoms. The van der Waals surface area contributed by atoms with E-state index in [0.29, 0.717) is 24.1 Å². The molecule has 4 rings (SSSR count). The van der Waals surface area contributed by atoms with Crippen LogP contribution in [0.2, 0.25) is 5.02 Å². The molecule has 2 atom stereocenters. The largest absolute Gasteiger partial charge is 0.393 e. The molecule has 2 aliphatic carbocycles. The van der Waals surface area contributed by atoms with E-state index in [1.54, 1.807) is 6.92 Å². The minimum Gasteiger partial charge on any atom is -0.393 e. The Morgan fingerprint density at radius 1 is 1.15 bits per heavy atom. The van der Waals surface area contributed by atoms with Crippen LogP contribution in [-0.2, 0) is 9.84 Å². The van der Waals surface area contributed by atoms with Crippen LogP contribution in [0.3, 0.4) is 0 Å². The number of hydrogen-bond donors (Lipinski definition) is 4. The number of aliphatic hydroxyl groups is 3. The van der Waals surface area contributed by atoms with Crippen molar-refractivity contribution >= 4 is 33.0 Å². The van der Waals surface area contributed by atoms with Crippen LogP contribution in [0.5, 0.6) is 0 Å². The zero-order chi connectivity index (χ0) is 24.2. The van der Waals surface area contributed by atoms with E-state index in [1.807, 2.05) is 0 Å². The number of fused-ring (bicyclic) bond motifs is 2. The maximum absolute atomic E-state index is 13.5.